The molecular weight excluding hydrogens is 399 g/mol. The maximum Gasteiger partial charge on any atom is 0.574 e. The molecule has 2 aromatic carbocycles. The van der Waals surface area contributed by atoms with E-state index < -0.39 is 33.7 Å². The second-order valence-electron chi connectivity index (χ2n) is 5.61. The zero-order valence-corrected chi connectivity index (χ0v) is 14.7. The second kappa shape index (κ2) is 7.09. The number of fused-ring (bicyclic) bond motifs is 1. The lowest BCUT2D eigenvalue weighted by Crippen LogP contribution is -2.22. The number of halogens is 3. The minimum Gasteiger partial charge on any atom is -0.387 e. The number of nitrogens with one attached hydrogen (secondary N) is 1. The second-order valence-corrected chi connectivity index (χ2v) is 7.17. The monoisotopic (exact) mass is 411 g/mol. The minimum absolute atomic E-state index is 0.0163. The van der Waals surface area contributed by atoms with Crippen LogP contribution in [0.15, 0.2) is 59.5 Å². The number of alkyl halides is 3. The molecule has 3 aromatic rings. The van der Waals surface area contributed by atoms with Crippen molar-refractivity contribution in [3.05, 3.63) is 60.2 Å². The molecule has 0 saturated carbocycles. The number of sulfonamides is 1. The van der Waals surface area contributed by atoms with E-state index in [1.165, 1.54) is 30.3 Å². The number of pyridine rings is 1. The molecule has 0 spiro atoms. The van der Waals surface area contributed by atoms with Gasteiger partial charge in [-0.15, -0.1) is 13.2 Å². The zero-order chi connectivity index (χ0) is 20.5. The lowest BCUT2D eigenvalue weighted by atomic mass is 10.1. The Labute approximate surface area is 157 Å². The summed E-state index contributed by atoms with van der Waals surface area (Å²) in [5, 5.41) is 7.76. The van der Waals surface area contributed by atoms with Crippen LogP contribution >= 0.6 is 0 Å². The fourth-order valence-corrected chi connectivity index (χ4v) is 2.96. The van der Waals surface area contributed by atoms with Crippen LogP contribution in [0.5, 0.6) is 5.88 Å². The van der Waals surface area contributed by atoms with Crippen molar-refractivity contribution in [1.82, 2.24) is 4.98 Å². The highest BCUT2D eigenvalue weighted by Crippen LogP contribution is 2.28. The van der Waals surface area contributed by atoms with Gasteiger partial charge in [-0.05, 0) is 30.3 Å². The highest BCUT2D eigenvalue weighted by molar-refractivity contribution is 7.89. The van der Waals surface area contributed by atoms with Crippen molar-refractivity contribution in [3.8, 4) is 5.88 Å². The normalized spacial score (nSPS) is 12.0. The number of benzene rings is 2. The Morgan fingerprint density at radius 1 is 1.07 bits per heavy atom. The van der Waals surface area contributed by atoms with Gasteiger partial charge in [0.15, 0.2) is 0 Å². The minimum atomic E-state index is -5.06. The van der Waals surface area contributed by atoms with Crippen LogP contribution in [-0.2, 0) is 10.0 Å². The molecule has 3 rings (SSSR count). The van der Waals surface area contributed by atoms with Crippen LogP contribution in [0.3, 0.4) is 0 Å². The summed E-state index contributed by atoms with van der Waals surface area (Å²) in [7, 11) is -4.02. The molecule has 1 aromatic heterocycles. The summed E-state index contributed by atoms with van der Waals surface area (Å²) in [6.07, 6.45) is -5.06. The summed E-state index contributed by atoms with van der Waals surface area (Å²) in [5.74, 6) is -1.89. The predicted octanol–water partition coefficient (Wildman–Crippen LogP) is 3.03. The number of ether oxygens (including phenoxy) is 1. The summed E-state index contributed by atoms with van der Waals surface area (Å²) in [6, 6.07) is 12.4. The highest BCUT2D eigenvalue weighted by atomic mass is 32.2. The van der Waals surface area contributed by atoms with Gasteiger partial charge < -0.3 is 10.1 Å². The Hall–Kier alpha value is -3.18. The molecule has 0 aliphatic heterocycles. The largest absolute Gasteiger partial charge is 0.574 e. The molecule has 0 radical (unpaired) electrons. The third kappa shape index (κ3) is 4.56. The first kappa shape index (κ1) is 19.6. The molecule has 0 atom stereocenters. The first-order valence-corrected chi connectivity index (χ1v) is 9.17. The van der Waals surface area contributed by atoms with Crippen molar-refractivity contribution in [2.24, 2.45) is 5.14 Å². The van der Waals surface area contributed by atoms with Crippen molar-refractivity contribution in [2.75, 3.05) is 5.32 Å². The van der Waals surface area contributed by atoms with E-state index in [0.717, 1.165) is 6.07 Å². The quantitative estimate of drug-likeness (QED) is 0.686. The molecule has 0 aliphatic carbocycles. The number of nitrogens with zero attached hydrogens (tertiary/aromatic N) is 1. The lowest BCUT2D eigenvalue weighted by molar-refractivity contribution is -0.276. The van der Waals surface area contributed by atoms with E-state index in [2.05, 4.69) is 15.0 Å². The van der Waals surface area contributed by atoms with E-state index in [-0.39, 0.29) is 16.1 Å². The molecule has 7 nitrogen and oxygen atoms in total. The molecule has 1 heterocycles. The Kier molecular flexibility index (Phi) is 4.96. The number of hydrogen-bond donors (Lipinski definition) is 2. The number of primary sulfonamides is 1. The van der Waals surface area contributed by atoms with Crippen LogP contribution in [0.4, 0.5) is 18.9 Å². The van der Waals surface area contributed by atoms with Gasteiger partial charge in [-0.25, -0.2) is 18.5 Å². The summed E-state index contributed by atoms with van der Waals surface area (Å²) < 4.78 is 64.9. The van der Waals surface area contributed by atoms with Crippen LogP contribution in [0.2, 0.25) is 0 Å². The summed E-state index contributed by atoms with van der Waals surface area (Å²) in [6.45, 7) is 0. The van der Waals surface area contributed by atoms with E-state index in [1.807, 2.05) is 0 Å². The standard InChI is InChI=1S/C17H12F3N3O4S/c18-17(19,20)27-16-13(8-10-4-1-2-7-14(10)23-16)15(24)22-11-5-3-6-12(9-11)28(21,25)26/h1-9H,(H,22,24)(H2,21,25,26). The zero-order valence-electron chi connectivity index (χ0n) is 13.9. The van der Waals surface area contributed by atoms with Crippen molar-refractivity contribution < 1.29 is 31.1 Å². The smallest absolute Gasteiger partial charge is 0.387 e. The third-order valence-electron chi connectivity index (χ3n) is 3.57. The lowest BCUT2D eigenvalue weighted by Gasteiger charge is -2.13. The Bertz CT molecular complexity index is 1160. The van der Waals surface area contributed by atoms with E-state index in [1.54, 1.807) is 18.2 Å². The molecule has 11 heteroatoms. The van der Waals surface area contributed by atoms with E-state index in [9.17, 15) is 26.4 Å². The van der Waals surface area contributed by atoms with Gasteiger partial charge >= 0.3 is 6.36 Å². The van der Waals surface area contributed by atoms with Gasteiger partial charge in [-0.1, -0.05) is 24.3 Å². The first-order valence-electron chi connectivity index (χ1n) is 7.63. The fourth-order valence-electron chi connectivity index (χ4n) is 2.40. The van der Waals surface area contributed by atoms with Gasteiger partial charge in [-0.2, -0.15) is 0 Å². The van der Waals surface area contributed by atoms with Gasteiger partial charge in [-0.3, -0.25) is 4.79 Å². The molecular formula is C17H12F3N3O4S. The Morgan fingerprint density at radius 3 is 2.46 bits per heavy atom. The van der Waals surface area contributed by atoms with E-state index in [0.29, 0.717) is 5.39 Å². The number of anilines is 1. The number of rotatable bonds is 4. The number of aromatic nitrogens is 1. The first-order chi connectivity index (χ1) is 13.0. The predicted molar refractivity (Wildman–Crippen MR) is 94.2 cm³/mol. The summed E-state index contributed by atoms with van der Waals surface area (Å²) in [5.41, 5.74) is -0.255. The third-order valence-corrected chi connectivity index (χ3v) is 4.48. The Balaban J connectivity index is 2.02. The molecule has 0 aliphatic rings. The fraction of sp³-hybridized carbons (Fsp3) is 0.0588. The van der Waals surface area contributed by atoms with Crippen LogP contribution in [-0.4, -0.2) is 25.7 Å². The SMILES string of the molecule is NS(=O)(=O)c1cccc(NC(=O)c2cc3ccccc3nc2OC(F)(F)F)c1. The van der Waals surface area contributed by atoms with Gasteiger partial charge in [0, 0.05) is 11.1 Å². The van der Waals surface area contributed by atoms with Gasteiger partial charge in [0.25, 0.3) is 5.91 Å². The topological polar surface area (TPSA) is 111 Å². The number of para-hydroxylation sites is 1. The number of carbonyl (C=O) groups excluding carboxylic acids is 1. The number of nitrogens with two attached hydrogens (primary N) is 1. The molecule has 0 saturated heterocycles. The highest BCUT2D eigenvalue weighted by Gasteiger charge is 2.34. The van der Waals surface area contributed by atoms with Crippen LogP contribution in [0.25, 0.3) is 10.9 Å². The van der Waals surface area contributed by atoms with Crippen LogP contribution in [0.1, 0.15) is 10.4 Å². The van der Waals surface area contributed by atoms with Crippen molar-refractivity contribution >= 4 is 32.5 Å². The van der Waals surface area contributed by atoms with Crippen molar-refractivity contribution in [1.29, 1.82) is 0 Å². The number of amides is 1. The molecule has 0 bridgehead atoms. The van der Waals surface area contributed by atoms with Crippen LogP contribution in [0, 0.1) is 0 Å². The van der Waals surface area contributed by atoms with Gasteiger partial charge in [0.2, 0.25) is 15.9 Å². The van der Waals surface area contributed by atoms with Crippen LogP contribution < -0.4 is 15.2 Å². The molecule has 0 fully saturated rings. The summed E-state index contributed by atoms with van der Waals surface area (Å²) >= 11 is 0. The summed E-state index contributed by atoms with van der Waals surface area (Å²) in [4.78, 5) is 16.0. The number of hydrogen-bond acceptors (Lipinski definition) is 5. The van der Waals surface area contributed by atoms with E-state index in [4.69, 9.17) is 5.14 Å². The molecule has 0 unspecified atom stereocenters. The molecule has 28 heavy (non-hydrogen) atoms. The van der Waals surface area contributed by atoms with Gasteiger partial charge in [0.05, 0.1) is 10.4 Å². The number of carbonyl (C=O) groups is 1. The maximum absolute atomic E-state index is 12.7. The molecule has 146 valence electrons. The van der Waals surface area contributed by atoms with Crippen molar-refractivity contribution in [3.63, 3.8) is 0 Å². The van der Waals surface area contributed by atoms with Gasteiger partial charge in [0.1, 0.15) is 5.56 Å². The molecule has 3 N–H and O–H groups in total. The Morgan fingerprint density at radius 2 is 1.79 bits per heavy atom. The average Bonchev–Trinajstić information content (AvgIpc) is 2.59. The maximum atomic E-state index is 12.7. The van der Waals surface area contributed by atoms with Crippen molar-refractivity contribution in [2.45, 2.75) is 11.3 Å². The molecule has 1 amide bonds. The van der Waals surface area contributed by atoms with E-state index >= 15 is 0 Å². The average molecular weight is 411 g/mol.